The molecule has 38 heavy (non-hydrogen) atoms. The summed E-state index contributed by atoms with van der Waals surface area (Å²) in [6.07, 6.45) is 3.69. The molecule has 0 aliphatic heterocycles. The van der Waals surface area contributed by atoms with Gasteiger partial charge in [-0.25, -0.2) is 4.79 Å². The lowest BCUT2D eigenvalue weighted by atomic mass is 10.0. The second-order valence-corrected chi connectivity index (χ2v) is 10.0. The third kappa shape index (κ3) is 7.05. The number of hydrogen-bond acceptors (Lipinski definition) is 6. The number of methoxy groups -OCH3 is 1. The molecule has 1 fully saturated rings. The van der Waals surface area contributed by atoms with Crippen LogP contribution >= 0.6 is 11.6 Å². The molecule has 1 heterocycles. The number of aryl methyl sites for hydroxylation is 1. The van der Waals surface area contributed by atoms with Gasteiger partial charge in [0.05, 0.1) is 20.1 Å². The normalized spacial score (nSPS) is 13.9. The van der Waals surface area contributed by atoms with Crippen molar-refractivity contribution in [3.63, 3.8) is 0 Å². The molecule has 202 valence electrons. The number of benzene rings is 2. The Balaban J connectivity index is 1.51. The van der Waals surface area contributed by atoms with E-state index in [4.69, 9.17) is 21.1 Å². The summed E-state index contributed by atoms with van der Waals surface area (Å²) in [4.78, 5) is 38.3. The second-order valence-electron chi connectivity index (χ2n) is 9.57. The van der Waals surface area contributed by atoms with Gasteiger partial charge in [0.1, 0.15) is 6.61 Å². The molecule has 0 spiro atoms. The number of carboxylic acid groups (broad SMARTS) is 1. The first kappa shape index (κ1) is 27.5. The summed E-state index contributed by atoms with van der Waals surface area (Å²) in [5, 5.41) is 10.3. The Morgan fingerprint density at radius 2 is 1.87 bits per heavy atom. The maximum atomic E-state index is 12.2. The van der Waals surface area contributed by atoms with Crippen molar-refractivity contribution in [1.29, 1.82) is 0 Å². The molecule has 9 nitrogen and oxygen atoms in total. The summed E-state index contributed by atoms with van der Waals surface area (Å²) in [5.74, 6) is 0.700. The fourth-order valence-corrected chi connectivity index (χ4v) is 4.60. The Morgan fingerprint density at radius 1 is 1.13 bits per heavy atom. The van der Waals surface area contributed by atoms with Crippen LogP contribution in [-0.2, 0) is 24.9 Å². The van der Waals surface area contributed by atoms with E-state index in [-0.39, 0.29) is 31.2 Å². The van der Waals surface area contributed by atoms with Crippen molar-refractivity contribution in [2.75, 3.05) is 20.3 Å². The van der Waals surface area contributed by atoms with E-state index in [9.17, 15) is 19.5 Å². The number of rotatable bonds is 13. The molecule has 1 aromatic heterocycles. The number of nitrogens with zero attached hydrogens (tertiary/aromatic N) is 3. The Labute approximate surface area is 225 Å². The molecule has 1 N–H and O–H groups in total. The molecule has 0 bridgehead atoms. The van der Waals surface area contributed by atoms with E-state index in [0.717, 1.165) is 35.1 Å². The average molecular weight is 542 g/mol. The van der Waals surface area contributed by atoms with Gasteiger partial charge in [-0.1, -0.05) is 29.8 Å². The Hall–Kier alpha value is -3.56. The van der Waals surface area contributed by atoms with Crippen LogP contribution in [0.4, 0.5) is 0 Å². The van der Waals surface area contributed by atoms with E-state index < -0.39 is 11.7 Å². The summed E-state index contributed by atoms with van der Waals surface area (Å²) in [6.45, 7) is 1.54. The molecule has 1 aliphatic rings. The van der Waals surface area contributed by atoms with Crippen molar-refractivity contribution in [2.24, 2.45) is 13.0 Å². The van der Waals surface area contributed by atoms with Crippen LogP contribution in [0.5, 0.6) is 11.5 Å². The maximum absolute atomic E-state index is 12.2. The lowest BCUT2D eigenvalue weighted by Gasteiger charge is -2.32. The van der Waals surface area contributed by atoms with Crippen LogP contribution in [0.15, 0.2) is 64.3 Å². The van der Waals surface area contributed by atoms with Gasteiger partial charge >= 0.3 is 11.7 Å². The molecule has 2 aromatic carbocycles. The zero-order chi connectivity index (χ0) is 27.2. The Kier molecular flexibility index (Phi) is 8.91. The minimum atomic E-state index is -0.862. The highest BCUT2D eigenvalue weighted by Crippen LogP contribution is 2.36. The number of aliphatic carboxylic acids is 1. The van der Waals surface area contributed by atoms with E-state index >= 15 is 0 Å². The molecule has 4 rings (SSSR count). The molecule has 10 heteroatoms. The van der Waals surface area contributed by atoms with Gasteiger partial charge in [-0.3, -0.25) is 19.1 Å². The number of carbonyl (C=O) groups is 1. The molecule has 1 saturated carbocycles. The molecule has 1 atom stereocenters. The van der Waals surface area contributed by atoms with Crippen molar-refractivity contribution >= 4 is 17.6 Å². The van der Waals surface area contributed by atoms with Gasteiger partial charge < -0.3 is 19.1 Å². The van der Waals surface area contributed by atoms with E-state index in [1.54, 1.807) is 32.4 Å². The van der Waals surface area contributed by atoms with Crippen molar-refractivity contribution in [1.82, 2.24) is 14.0 Å². The van der Waals surface area contributed by atoms with E-state index in [1.807, 2.05) is 24.3 Å². The standard InChI is InChI=1S/C28H32ClN3O6/c1-30-12-11-26(33)32(28(30)36)13-14-38-24-10-5-20(15-25(24)37-2)18-31(17-19-3-4-19)23(16-27(34)35)21-6-8-22(29)9-7-21/h5-12,15,19,23H,3-4,13-14,16-18H2,1-2H3,(H,34,35). The molecule has 0 amide bonds. The SMILES string of the molecule is COc1cc(CN(CC2CC2)C(CC(=O)O)c2ccc(Cl)cc2)ccc1OCCn1c(=O)ccn(C)c1=O. The van der Waals surface area contributed by atoms with Crippen molar-refractivity contribution in [2.45, 2.75) is 38.4 Å². The monoisotopic (exact) mass is 541 g/mol. The van der Waals surface area contributed by atoms with Gasteiger partial charge in [-0.2, -0.15) is 0 Å². The summed E-state index contributed by atoms with van der Waals surface area (Å²) in [5.41, 5.74) is 1.07. The van der Waals surface area contributed by atoms with Gasteiger partial charge in [-0.15, -0.1) is 0 Å². The number of hydrogen-bond donors (Lipinski definition) is 1. The highest BCUT2D eigenvalue weighted by Gasteiger charge is 2.30. The predicted octanol–water partition coefficient (Wildman–Crippen LogP) is 3.72. The first-order chi connectivity index (χ1) is 18.2. The maximum Gasteiger partial charge on any atom is 0.330 e. The molecule has 3 aromatic rings. The second kappa shape index (κ2) is 12.3. The van der Waals surface area contributed by atoms with Crippen LogP contribution in [-0.4, -0.2) is 45.4 Å². The molecule has 1 unspecified atom stereocenters. The van der Waals surface area contributed by atoms with Crippen molar-refractivity contribution < 1.29 is 19.4 Å². The number of aromatic nitrogens is 2. The largest absolute Gasteiger partial charge is 0.493 e. The summed E-state index contributed by atoms with van der Waals surface area (Å²) in [7, 11) is 3.13. The lowest BCUT2D eigenvalue weighted by molar-refractivity contribution is -0.138. The molecule has 0 radical (unpaired) electrons. The van der Waals surface area contributed by atoms with E-state index in [1.165, 1.54) is 16.8 Å². The van der Waals surface area contributed by atoms with Gasteiger partial charge in [0.15, 0.2) is 11.5 Å². The lowest BCUT2D eigenvalue weighted by Crippen LogP contribution is -2.39. The molecule has 1 aliphatic carbocycles. The summed E-state index contributed by atoms with van der Waals surface area (Å²) >= 11 is 6.08. The molecular formula is C28H32ClN3O6. The van der Waals surface area contributed by atoms with Crippen molar-refractivity contribution in [3.05, 3.63) is 91.7 Å². The van der Waals surface area contributed by atoms with Crippen LogP contribution in [0.1, 0.15) is 36.4 Å². The highest BCUT2D eigenvalue weighted by molar-refractivity contribution is 6.30. The highest BCUT2D eigenvalue weighted by atomic mass is 35.5. The third-order valence-corrected chi connectivity index (χ3v) is 6.93. The first-order valence-corrected chi connectivity index (χ1v) is 12.9. The molecule has 0 saturated heterocycles. The first-order valence-electron chi connectivity index (χ1n) is 12.5. The Bertz CT molecular complexity index is 1380. The van der Waals surface area contributed by atoms with Gasteiger partial charge in [0.2, 0.25) is 0 Å². The van der Waals surface area contributed by atoms with Crippen LogP contribution in [0.25, 0.3) is 0 Å². The number of halogens is 1. The van der Waals surface area contributed by atoms with Crippen LogP contribution in [0.3, 0.4) is 0 Å². The van der Waals surface area contributed by atoms with E-state index in [2.05, 4.69) is 4.90 Å². The summed E-state index contributed by atoms with van der Waals surface area (Å²) in [6, 6.07) is 14.0. The zero-order valence-electron chi connectivity index (χ0n) is 21.5. The fraction of sp³-hybridized carbons (Fsp3) is 0.393. The number of ether oxygens (including phenoxy) is 2. The van der Waals surface area contributed by atoms with Crippen LogP contribution in [0.2, 0.25) is 5.02 Å². The smallest absolute Gasteiger partial charge is 0.330 e. The van der Waals surface area contributed by atoms with Gasteiger partial charge in [0.25, 0.3) is 5.56 Å². The third-order valence-electron chi connectivity index (χ3n) is 6.68. The predicted molar refractivity (Wildman–Crippen MR) is 144 cm³/mol. The van der Waals surface area contributed by atoms with Gasteiger partial charge in [0, 0.05) is 43.5 Å². The van der Waals surface area contributed by atoms with E-state index in [0.29, 0.717) is 29.0 Å². The van der Waals surface area contributed by atoms with Crippen molar-refractivity contribution in [3.8, 4) is 11.5 Å². The topological polar surface area (TPSA) is 103 Å². The van der Waals surface area contributed by atoms with Gasteiger partial charge in [-0.05, 0) is 54.2 Å². The fourth-order valence-electron chi connectivity index (χ4n) is 4.47. The van der Waals surface area contributed by atoms with Crippen LogP contribution in [0, 0.1) is 5.92 Å². The minimum absolute atomic E-state index is 0.0228. The zero-order valence-corrected chi connectivity index (χ0v) is 22.3. The Morgan fingerprint density at radius 3 is 2.53 bits per heavy atom. The average Bonchev–Trinajstić information content (AvgIpc) is 3.72. The number of carboxylic acids is 1. The summed E-state index contributed by atoms with van der Waals surface area (Å²) < 4.78 is 13.9. The molecular weight excluding hydrogens is 510 g/mol. The van der Waals surface area contributed by atoms with Crippen LogP contribution < -0.4 is 20.7 Å². The minimum Gasteiger partial charge on any atom is -0.493 e. The quantitative estimate of drug-likeness (QED) is 0.352.